The fraction of sp³-hybridized carbons (Fsp3) is 0.300. The fourth-order valence-corrected chi connectivity index (χ4v) is 2.60. The van der Waals surface area contributed by atoms with Crippen LogP contribution in [0.2, 0.25) is 0 Å². The number of carbonyl (C=O) groups is 2. The van der Waals surface area contributed by atoms with Crippen molar-refractivity contribution in [2.75, 3.05) is 18.5 Å². The summed E-state index contributed by atoms with van der Waals surface area (Å²) in [5.41, 5.74) is 1.15. The second-order valence-electron chi connectivity index (χ2n) is 5.97. The fourth-order valence-electron chi connectivity index (χ4n) is 2.40. The highest BCUT2D eigenvalue weighted by atomic mass is 35.5. The van der Waals surface area contributed by atoms with Crippen LogP contribution in [0, 0.1) is 18.3 Å². The molecule has 1 heterocycles. The van der Waals surface area contributed by atoms with E-state index in [0.717, 1.165) is 6.42 Å². The van der Waals surface area contributed by atoms with E-state index in [4.69, 9.17) is 21.6 Å². The summed E-state index contributed by atoms with van der Waals surface area (Å²) >= 11 is 6.09. The van der Waals surface area contributed by atoms with Crippen molar-refractivity contribution >= 4 is 29.1 Å². The molecule has 0 saturated carbocycles. The number of carbonyl (C=O) groups excluding carboxylic acids is 2. The summed E-state index contributed by atoms with van der Waals surface area (Å²) in [7, 11) is 0. The Morgan fingerprint density at radius 2 is 2.07 bits per heavy atom. The van der Waals surface area contributed by atoms with Gasteiger partial charge in [0.2, 0.25) is 0 Å². The summed E-state index contributed by atoms with van der Waals surface area (Å²) in [6.07, 6.45) is 0.777. The highest BCUT2D eigenvalue weighted by Gasteiger charge is 2.19. The lowest BCUT2D eigenvalue weighted by Crippen LogP contribution is -2.28. The zero-order chi connectivity index (χ0) is 20.5. The standard InChI is InChI=1S/C20H21ClN4O3/c1-3-10-23-20(27)17-16(8-7-13(2)24-17)19(26)25-15-6-4-5-14(12-15)18(21)28-11-9-22/h4-8,12,18H,3,10-11H2,1-2H3,(H,23,27)(H,25,26). The van der Waals surface area contributed by atoms with Crippen LogP contribution in [-0.2, 0) is 4.74 Å². The van der Waals surface area contributed by atoms with Crippen LogP contribution in [0.4, 0.5) is 5.69 Å². The van der Waals surface area contributed by atoms with Crippen LogP contribution in [0.5, 0.6) is 0 Å². The Hall–Kier alpha value is -2.95. The van der Waals surface area contributed by atoms with E-state index in [9.17, 15) is 9.59 Å². The number of halogens is 1. The number of hydrogen-bond acceptors (Lipinski definition) is 5. The first-order valence-electron chi connectivity index (χ1n) is 8.76. The molecule has 28 heavy (non-hydrogen) atoms. The van der Waals surface area contributed by atoms with Gasteiger partial charge in [-0.15, -0.1) is 0 Å². The van der Waals surface area contributed by atoms with Gasteiger partial charge in [-0.3, -0.25) is 9.59 Å². The number of aromatic nitrogens is 1. The molecule has 1 aromatic heterocycles. The van der Waals surface area contributed by atoms with E-state index in [2.05, 4.69) is 15.6 Å². The number of alkyl halides is 1. The smallest absolute Gasteiger partial charge is 0.270 e. The number of aryl methyl sites for hydroxylation is 1. The minimum absolute atomic E-state index is 0.0784. The largest absolute Gasteiger partial charge is 0.351 e. The van der Waals surface area contributed by atoms with E-state index < -0.39 is 17.4 Å². The van der Waals surface area contributed by atoms with Crippen molar-refractivity contribution in [1.82, 2.24) is 10.3 Å². The monoisotopic (exact) mass is 400 g/mol. The van der Waals surface area contributed by atoms with Crippen molar-refractivity contribution in [1.29, 1.82) is 5.26 Å². The average molecular weight is 401 g/mol. The zero-order valence-electron chi connectivity index (χ0n) is 15.7. The summed E-state index contributed by atoms with van der Waals surface area (Å²) in [6, 6.07) is 11.9. The Bertz CT molecular complexity index is 895. The van der Waals surface area contributed by atoms with Crippen molar-refractivity contribution in [2.24, 2.45) is 0 Å². The molecule has 2 aromatic rings. The van der Waals surface area contributed by atoms with Crippen LogP contribution in [0.1, 0.15) is 51.0 Å². The maximum Gasteiger partial charge on any atom is 0.270 e. The summed E-state index contributed by atoms with van der Waals surface area (Å²) in [5, 5.41) is 14.1. The molecule has 7 nitrogen and oxygen atoms in total. The second kappa shape index (κ2) is 10.4. The first kappa shape index (κ1) is 21.4. The predicted molar refractivity (Wildman–Crippen MR) is 106 cm³/mol. The first-order valence-corrected chi connectivity index (χ1v) is 9.19. The first-order chi connectivity index (χ1) is 13.5. The number of nitrogens with one attached hydrogen (secondary N) is 2. The molecular weight excluding hydrogens is 380 g/mol. The van der Waals surface area contributed by atoms with Crippen LogP contribution < -0.4 is 10.6 Å². The van der Waals surface area contributed by atoms with E-state index in [1.165, 1.54) is 0 Å². The van der Waals surface area contributed by atoms with Gasteiger partial charge in [0.25, 0.3) is 11.8 Å². The highest BCUT2D eigenvalue weighted by molar-refractivity contribution is 6.20. The van der Waals surface area contributed by atoms with E-state index >= 15 is 0 Å². The Kier molecular flexibility index (Phi) is 7.93. The van der Waals surface area contributed by atoms with Crippen LogP contribution in [-0.4, -0.2) is 29.9 Å². The van der Waals surface area contributed by atoms with Gasteiger partial charge in [0.15, 0.2) is 5.56 Å². The van der Waals surface area contributed by atoms with E-state index in [1.54, 1.807) is 43.3 Å². The van der Waals surface area contributed by atoms with E-state index in [0.29, 0.717) is 23.5 Å². The number of ether oxygens (including phenoxy) is 1. The van der Waals surface area contributed by atoms with Crippen molar-refractivity contribution in [2.45, 2.75) is 25.8 Å². The molecule has 2 amide bonds. The summed E-state index contributed by atoms with van der Waals surface area (Å²) in [4.78, 5) is 29.3. The third-order valence-corrected chi connectivity index (χ3v) is 4.11. The van der Waals surface area contributed by atoms with Gasteiger partial charge in [-0.25, -0.2) is 4.98 Å². The summed E-state index contributed by atoms with van der Waals surface area (Å²) in [5.74, 6) is -0.856. The molecule has 0 bridgehead atoms. The van der Waals surface area contributed by atoms with Gasteiger partial charge in [0.05, 0.1) is 11.6 Å². The molecule has 0 spiro atoms. The molecule has 0 radical (unpaired) electrons. The number of nitrogens with zero attached hydrogens (tertiary/aromatic N) is 2. The molecule has 2 N–H and O–H groups in total. The maximum absolute atomic E-state index is 12.7. The maximum atomic E-state index is 12.7. The van der Waals surface area contributed by atoms with Gasteiger partial charge in [-0.05, 0) is 43.2 Å². The molecule has 1 aromatic carbocycles. The van der Waals surface area contributed by atoms with Crippen LogP contribution >= 0.6 is 11.6 Å². The normalized spacial score (nSPS) is 11.4. The van der Waals surface area contributed by atoms with Gasteiger partial charge in [-0.1, -0.05) is 30.7 Å². The van der Waals surface area contributed by atoms with Crippen molar-refractivity contribution in [3.05, 3.63) is 58.9 Å². The van der Waals surface area contributed by atoms with Crippen LogP contribution in [0.15, 0.2) is 36.4 Å². The molecular formula is C20H21ClN4O3. The van der Waals surface area contributed by atoms with Crippen molar-refractivity contribution in [3.63, 3.8) is 0 Å². The van der Waals surface area contributed by atoms with Crippen molar-refractivity contribution < 1.29 is 14.3 Å². The molecule has 1 unspecified atom stereocenters. The number of hydrogen-bond donors (Lipinski definition) is 2. The molecule has 8 heteroatoms. The van der Waals surface area contributed by atoms with Gasteiger partial charge in [-0.2, -0.15) is 5.26 Å². The zero-order valence-corrected chi connectivity index (χ0v) is 16.4. The minimum atomic E-state index is -0.812. The van der Waals surface area contributed by atoms with E-state index in [1.807, 2.05) is 13.0 Å². The van der Waals surface area contributed by atoms with Gasteiger partial charge in [0.1, 0.15) is 12.3 Å². The number of benzene rings is 1. The molecule has 146 valence electrons. The quantitative estimate of drug-likeness (QED) is 0.659. The van der Waals surface area contributed by atoms with Crippen LogP contribution in [0.25, 0.3) is 0 Å². The highest BCUT2D eigenvalue weighted by Crippen LogP contribution is 2.24. The lowest BCUT2D eigenvalue weighted by molar-refractivity contribution is 0.0935. The molecule has 0 aliphatic heterocycles. The number of anilines is 1. The number of pyridine rings is 1. The molecule has 1 atom stereocenters. The van der Waals surface area contributed by atoms with Gasteiger partial charge < -0.3 is 15.4 Å². The Labute approximate surface area is 168 Å². The van der Waals surface area contributed by atoms with E-state index in [-0.39, 0.29) is 17.9 Å². The summed E-state index contributed by atoms with van der Waals surface area (Å²) < 4.78 is 5.15. The third-order valence-electron chi connectivity index (χ3n) is 3.73. The Morgan fingerprint density at radius 3 is 2.79 bits per heavy atom. The lowest BCUT2D eigenvalue weighted by Gasteiger charge is -2.13. The molecule has 2 rings (SSSR count). The molecule has 0 fully saturated rings. The van der Waals surface area contributed by atoms with Crippen molar-refractivity contribution in [3.8, 4) is 6.07 Å². The third kappa shape index (κ3) is 5.78. The van der Waals surface area contributed by atoms with Gasteiger partial charge >= 0.3 is 0 Å². The SMILES string of the molecule is CCCNC(=O)c1nc(C)ccc1C(=O)Nc1cccc(C(Cl)OCC#N)c1. The molecule has 0 aliphatic carbocycles. The average Bonchev–Trinajstić information content (AvgIpc) is 2.70. The number of rotatable bonds is 8. The number of amides is 2. The molecule has 0 aliphatic rings. The summed E-state index contributed by atoms with van der Waals surface area (Å²) in [6.45, 7) is 4.05. The number of nitriles is 1. The Morgan fingerprint density at radius 1 is 1.29 bits per heavy atom. The predicted octanol–water partition coefficient (Wildman–Crippen LogP) is 3.56. The lowest BCUT2D eigenvalue weighted by atomic mass is 10.1. The minimum Gasteiger partial charge on any atom is -0.351 e. The topological polar surface area (TPSA) is 104 Å². The molecule has 0 saturated heterocycles. The Balaban J connectivity index is 2.21. The van der Waals surface area contributed by atoms with Crippen LogP contribution in [0.3, 0.4) is 0 Å². The second-order valence-corrected chi connectivity index (χ2v) is 6.37. The van der Waals surface area contributed by atoms with Gasteiger partial charge in [0, 0.05) is 17.9 Å².